The number of carbonyl (C=O) groups excluding carboxylic acids is 1. The fourth-order valence-corrected chi connectivity index (χ4v) is 3.82. The first-order valence-electron chi connectivity index (χ1n) is 7.90. The number of rotatable bonds is 4. The molecule has 4 aromatic rings. The number of fused-ring (bicyclic) bond motifs is 1. The van der Waals surface area contributed by atoms with Crippen molar-refractivity contribution in [1.29, 1.82) is 0 Å². The normalized spacial score (nSPS) is 11.0. The fourth-order valence-electron chi connectivity index (χ4n) is 2.77. The van der Waals surface area contributed by atoms with Crippen molar-refractivity contribution in [2.45, 2.75) is 6.54 Å². The van der Waals surface area contributed by atoms with Gasteiger partial charge in [-0.05, 0) is 12.1 Å². The maximum atomic E-state index is 12.2. The van der Waals surface area contributed by atoms with Crippen LogP contribution in [0.5, 0.6) is 0 Å². The molecule has 2 aromatic heterocycles. The molecule has 0 saturated carbocycles. The lowest BCUT2D eigenvalue weighted by Gasteiger charge is -2.07. The summed E-state index contributed by atoms with van der Waals surface area (Å²) in [7, 11) is 1.59. The molecule has 0 radical (unpaired) electrons. The van der Waals surface area contributed by atoms with Gasteiger partial charge in [-0.3, -0.25) is 9.48 Å². The van der Waals surface area contributed by atoms with Crippen molar-refractivity contribution in [3.8, 4) is 10.6 Å². The van der Waals surface area contributed by atoms with Crippen LogP contribution in [0.4, 0.5) is 0 Å². The monoisotopic (exact) mass is 383 g/mol. The van der Waals surface area contributed by atoms with Crippen LogP contribution in [0, 0.1) is 0 Å². The quantitative estimate of drug-likeness (QED) is 0.584. The van der Waals surface area contributed by atoms with E-state index in [0.717, 1.165) is 26.5 Å². The minimum absolute atomic E-state index is 0.207. The van der Waals surface area contributed by atoms with Crippen molar-refractivity contribution < 1.29 is 4.79 Å². The van der Waals surface area contributed by atoms with Gasteiger partial charge in [-0.25, -0.2) is 0 Å². The third kappa shape index (κ3) is 3.07. The Kier molecular flexibility index (Phi) is 4.40. The zero-order chi connectivity index (χ0) is 18.1. The zero-order valence-electron chi connectivity index (χ0n) is 13.8. The average Bonchev–Trinajstić information content (AvgIpc) is 3.29. The van der Waals surface area contributed by atoms with Crippen molar-refractivity contribution in [2.24, 2.45) is 0 Å². The van der Waals surface area contributed by atoms with Crippen LogP contribution in [0.25, 0.3) is 21.5 Å². The summed E-state index contributed by atoms with van der Waals surface area (Å²) in [5.74, 6) is -0.207. The predicted molar refractivity (Wildman–Crippen MR) is 103 cm³/mol. The molecule has 0 aliphatic rings. The minimum atomic E-state index is -0.207. The van der Waals surface area contributed by atoms with E-state index < -0.39 is 0 Å². The number of nitrogens with zero attached hydrogens (tertiary/aromatic N) is 4. The molecule has 26 heavy (non-hydrogen) atoms. The fraction of sp³-hybridized carbons (Fsp3) is 0.111. The van der Waals surface area contributed by atoms with E-state index in [2.05, 4.69) is 20.6 Å². The smallest absolute Gasteiger partial charge is 0.253 e. The molecule has 8 heteroatoms. The van der Waals surface area contributed by atoms with Crippen LogP contribution in [0.1, 0.15) is 15.4 Å². The SMILES string of the molecule is CNC(=O)c1cc(Cl)cc2cnn(Cc3nnc(-c4ccccc4)s3)c12. The lowest BCUT2D eigenvalue weighted by Crippen LogP contribution is -2.19. The number of aromatic nitrogens is 4. The van der Waals surface area contributed by atoms with Gasteiger partial charge in [0.1, 0.15) is 10.0 Å². The first-order valence-corrected chi connectivity index (χ1v) is 9.10. The van der Waals surface area contributed by atoms with Crippen LogP contribution < -0.4 is 5.32 Å². The molecule has 0 saturated heterocycles. The van der Waals surface area contributed by atoms with E-state index in [0.29, 0.717) is 17.1 Å². The van der Waals surface area contributed by atoms with Gasteiger partial charge in [0.25, 0.3) is 5.91 Å². The van der Waals surface area contributed by atoms with Crippen molar-refractivity contribution in [1.82, 2.24) is 25.3 Å². The van der Waals surface area contributed by atoms with Crippen LogP contribution in [-0.2, 0) is 6.54 Å². The summed E-state index contributed by atoms with van der Waals surface area (Å²) >= 11 is 7.63. The van der Waals surface area contributed by atoms with Crippen molar-refractivity contribution in [2.75, 3.05) is 7.05 Å². The second-order valence-electron chi connectivity index (χ2n) is 5.64. The molecule has 0 spiro atoms. The van der Waals surface area contributed by atoms with Crippen LogP contribution in [0.15, 0.2) is 48.7 Å². The summed E-state index contributed by atoms with van der Waals surface area (Å²) in [5, 5.41) is 18.6. The minimum Gasteiger partial charge on any atom is -0.355 e. The van der Waals surface area contributed by atoms with Crippen molar-refractivity contribution in [3.05, 3.63) is 64.3 Å². The molecule has 0 aliphatic carbocycles. The van der Waals surface area contributed by atoms with Gasteiger partial charge in [-0.1, -0.05) is 53.3 Å². The van der Waals surface area contributed by atoms with E-state index in [4.69, 9.17) is 11.6 Å². The highest BCUT2D eigenvalue weighted by Crippen LogP contribution is 2.27. The molecule has 1 N–H and O–H groups in total. The van der Waals surface area contributed by atoms with Crippen LogP contribution in [0.3, 0.4) is 0 Å². The van der Waals surface area contributed by atoms with Crippen LogP contribution >= 0.6 is 22.9 Å². The van der Waals surface area contributed by atoms with Gasteiger partial charge in [-0.15, -0.1) is 10.2 Å². The van der Waals surface area contributed by atoms with Crippen molar-refractivity contribution >= 4 is 39.7 Å². The summed E-state index contributed by atoms with van der Waals surface area (Å²) in [4.78, 5) is 12.2. The molecular formula is C18H14ClN5OS. The second kappa shape index (κ2) is 6.86. The van der Waals surface area contributed by atoms with Crippen LogP contribution in [0.2, 0.25) is 5.02 Å². The zero-order valence-corrected chi connectivity index (χ0v) is 15.4. The van der Waals surface area contributed by atoms with Gasteiger partial charge in [0.05, 0.1) is 23.8 Å². The molecule has 4 rings (SSSR count). The van der Waals surface area contributed by atoms with E-state index >= 15 is 0 Å². The Hall–Kier alpha value is -2.77. The average molecular weight is 384 g/mol. The Bertz CT molecular complexity index is 1090. The number of hydrogen-bond acceptors (Lipinski definition) is 5. The summed E-state index contributed by atoms with van der Waals surface area (Å²) in [6, 6.07) is 13.3. The predicted octanol–water partition coefficient (Wildman–Crippen LogP) is 3.62. The molecule has 0 unspecified atom stereocenters. The standard InChI is InChI=1S/C18H14ClN5OS/c1-20-17(25)14-8-13(19)7-12-9-21-24(16(12)14)10-15-22-23-18(26-15)11-5-3-2-4-6-11/h2-9H,10H2,1H3,(H,20,25). The first-order chi connectivity index (χ1) is 12.7. The Morgan fingerprint density at radius 3 is 2.81 bits per heavy atom. The van der Waals surface area contributed by atoms with Gasteiger partial charge in [-0.2, -0.15) is 5.10 Å². The maximum absolute atomic E-state index is 12.2. The van der Waals surface area contributed by atoms with Gasteiger partial charge < -0.3 is 5.32 Å². The number of amides is 1. The molecule has 2 heterocycles. The van der Waals surface area contributed by atoms with E-state index in [1.54, 1.807) is 30.1 Å². The highest BCUT2D eigenvalue weighted by molar-refractivity contribution is 7.14. The number of carbonyl (C=O) groups is 1. The Labute approximate surface area is 158 Å². The van der Waals surface area contributed by atoms with Crippen LogP contribution in [-0.4, -0.2) is 32.9 Å². The van der Waals surface area contributed by atoms with E-state index in [9.17, 15) is 4.79 Å². The number of nitrogens with one attached hydrogen (secondary N) is 1. The van der Waals surface area contributed by atoms with Gasteiger partial charge in [0, 0.05) is 23.0 Å². The van der Waals surface area contributed by atoms with Gasteiger partial charge in [0.15, 0.2) is 0 Å². The molecule has 0 fully saturated rings. The lowest BCUT2D eigenvalue weighted by atomic mass is 10.1. The lowest BCUT2D eigenvalue weighted by molar-refractivity contribution is 0.0964. The first kappa shape index (κ1) is 16.7. The topological polar surface area (TPSA) is 72.7 Å². The van der Waals surface area contributed by atoms with Gasteiger partial charge in [0.2, 0.25) is 0 Å². The van der Waals surface area contributed by atoms with E-state index in [1.807, 2.05) is 30.3 Å². The Balaban J connectivity index is 1.72. The third-order valence-corrected chi connectivity index (χ3v) is 5.12. The Morgan fingerprint density at radius 1 is 1.23 bits per heavy atom. The highest BCUT2D eigenvalue weighted by atomic mass is 35.5. The number of hydrogen-bond donors (Lipinski definition) is 1. The highest BCUT2D eigenvalue weighted by Gasteiger charge is 2.16. The largest absolute Gasteiger partial charge is 0.355 e. The van der Waals surface area contributed by atoms with E-state index in [1.165, 1.54) is 11.3 Å². The molecular weight excluding hydrogens is 370 g/mol. The molecule has 130 valence electrons. The summed E-state index contributed by atoms with van der Waals surface area (Å²) in [5.41, 5.74) is 2.24. The third-order valence-electron chi connectivity index (χ3n) is 3.94. The molecule has 2 aromatic carbocycles. The molecule has 0 atom stereocenters. The summed E-state index contributed by atoms with van der Waals surface area (Å²) in [6.07, 6.45) is 1.70. The summed E-state index contributed by atoms with van der Waals surface area (Å²) in [6.45, 7) is 0.430. The molecule has 1 amide bonds. The number of halogens is 1. The Morgan fingerprint density at radius 2 is 2.04 bits per heavy atom. The number of benzene rings is 2. The maximum Gasteiger partial charge on any atom is 0.253 e. The molecule has 6 nitrogen and oxygen atoms in total. The van der Waals surface area contributed by atoms with E-state index in [-0.39, 0.29) is 5.91 Å². The van der Waals surface area contributed by atoms with Crippen molar-refractivity contribution in [3.63, 3.8) is 0 Å². The van der Waals surface area contributed by atoms with Gasteiger partial charge >= 0.3 is 0 Å². The second-order valence-corrected chi connectivity index (χ2v) is 7.14. The molecule has 0 bridgehead atoms. The summed E-state index contributed by atoms with van der Waals surface area (Å²) < 4.78 is 1.76. The molecule has 0 aliphatic heterocycles.